The van der Waals surface area contributed by atoms with Crippen LogP contribution in [0.25, 0.3) is 11.3 Å². The summed E-state index contributed by atoms with van der Waals surface area (Å²) < 4.78 is 11.3. The lowest BCUT2D eigenvalue weighted by atomic mass is 10.1. The molecule has 6 nitrogen and oxygen atoms in total. The van der Waals surface area contributed by atoms with E-state index in [-0.39, 0.29) is 6.04 Å². The molecule has 0 aliphatic carbocycles. The van der Waals surface area contributed by atoms with Crippen LogP contribution in [0, 0.1) is 5.92 Å². The maximum Gasteiger partial charge on any atom is 0.232 e. The zero-order chi connectivity index (χ0) is 22.1. The van der Waals surface area contributed by atoms with Gasteiger partial charge in [-0.2, -0.15) is 0 Å². The lowest BCUT2D eigenvalue weighted by molar-refractivity contribution is 0.0188. The molecule has 1 heterocycles. The number of benzene rings is 1. The Labute approximate surface area is 181 Å². The van der Waals surface area contributed by atoms with E-state index in [4.69, 9.17) is 9.26 Å². The van der Waals surface area contributed by atoms with Gasteiger partial charge in [-0.1, -0.05) is 49.3 Å². The minimum atomic E-state index is -0.525. The monoisotopic (exact) mass is 417 g/mol. The zero-order valence-electron chi connectivity index (χ0n) is 19.5. The van der Waals surface area contributed by atoms with Gasteiger partial charge >= 0.3 is 0 Å². The van der Waals surface area contributed by atoms with Gasteiger partial charge < -0.3 is 19.3 Å². The predicted molar refractivity (Wildman–Crippen MR) is 123 cm³/mol. The van der Waals surface area contributed by atoms with Gasteiger partial charge in [0.1, 0.15) is 5.69 Å². The maximum atomic E-state index is 10.5. The van der Waals surface area contributed by atoms with Crippen molar-refractivity contribution in [3.63, 3.8) is 0 Å². The number of ether oxygens (including phenoxy) is 1. The SMILES string of the molecule is CCOC[C@H](O)CN(CCC(C)C)Cc1c(-c2ccccc2)noc1N(C)C(C)C. The second kappa shape index (κ2) is 12.1. The first-order valence-electron chi connectivity index (χ1n) is 11.1. The van der Waals surface area contributed by atoms with E-state index in [0.717, 1.165) is 35.7 Å². The molecule has 0 unspecified atom stereocenters. The van der Waals surface area contributed by atoms with Crippen LogP contribution in [0.15, 0.2) is 34.9 Å². The van der Waals surface area contributed by atoms with Crippen LogP contribution < -0.4 is 4.90 Å². The van der Waals surface area contributed by atoms with E-state index in [9.17, 15) is 5.11 Å². The van der Waals surface area contributed by atoms with Crippen molar-refractivity contribution in [3.8, 4) is 11.3 Å². The Balaban J connectivity index is 2.34. The highest BCUT2D eigenvalue weighted by molar-refractivity contribution is 5.68. The van der Waals surface area contributed by atoms with Gasteiger partial charge in [0.05, 0.1) is 18.3 Å². The number of rotatable bonds is 13. The molecule has 1 aromatic heterocycles. The second-order valence-electron chi connectivity index (χ2n) is 8.62. The molecule has 0 saturated heterocycles. The number of hydrogen-bond acceptors (Lipinski definition) is 6. The second-order valence-corrected chi connectivity index (χ2v) is 8.62. The van der Waals surface area contributed by atoms with E-state index < -0.39 is 6.10 Å². The Kier molecular flexibility index (Phi) is 9.82. The van der Waals surface area contributed by atoms with Crippen LogP contribution >= 0.6 is 0 Å². The molecule has 0 amide bonds. The molecule has 1 N–H and O–H groups in total. The normalized spacial score (nSPS) is 12.9. The molecule has 0 spiro atoms. The highest BCUT2D eigenvalue weighted by Crippen LogP contribution is 2.33. The number of aliphatic hydroxyl groups excluding tert-OH is 1. The van der Waals surface area contributed by atoms with Crippen molar-refractivity contribution < 1.29 is 14.4 Å². The molecule has 0 saturated carbocycles. The third-order valence-corrected chi connectivity index (χ3v) is 5.30. The minimum absolute atomic E-state index is 0.285. The molecule has 2 rings (SSSR count). The Morgan fingerprint density at radius 3 is 2.43 bits per heavy atom. The fraction of sp³-hybridized carbons (Fsp3) is 0.625. The zero-order valence-corrected chi connectivity index (χ0v) is 19.5. The van der Waals surface area contributed by atoms with Gasteiger partial charge in [-0.15, -0.1) is 0 Å². The lowest BCUT2D eigenvalue weighted by Crippen LogP contribution is -2.36. The summed E-state index contributed by atoms with van der Waals surface area (Å²) in [7, 11) is 2.03. The number of hydrogen-bond donors (Lipinski definition) is 1. The van der Waals surface area contributed by atoms with E-state index in [1.54, 1.807) is 0 Å². The van der Waals surface area contributed by atoms with Crippen molar-refractivity contribution in [2.24, 2.45) is 5.92 Å². The van der Waals surface area contributed by atoms with Crippen LogP contribution in [0.1, 0.15) is 46.6 Å². The van der Waals surface area contributed by atoms with E-state index in [2.05, 4.69) is 54.8 Å². The molecular weight excluding hydrogens is 378 g/mol. The number of aromatic nitrogens is 1. The Hall–Kier alpha value is -1.89. The van der Waals surface area contributed by atoms with Gasteiger partial charge in [0, 0.05) is 38.3 Å². The van der Waals surface area contributed by atoms with Crippen molar-refractivity contribution in [3.05, 3.63) is 35.9 Å². The first-order chi connectivity index (χ1) is 14.3. The van der Waals surface area contributed by atoms with Crippen LogP contribution in [0.2, 0.25) is 0 Å². The van der Waals surface area contributed by atoms with E-state index >= 15 is 0 Å². The van der Waals surface area contributed by atoms with Crippen molar-refractivity contribution in [2.75, 3.05) is 38.3 Å². The summed E-state index contributed by atoms with van der Waals surface area (Å²) in [4.78, 5) is 4.41. The van der Waals surface area contributed by atoms with Gasteiger partial charge in [0.2, 0.25) is 5.88 Å². The Bertz CT molecular complexity index is 731. The molecule has 0 bridgehead atoms. The molecule has 1 atom stereocenters. The van der Waals surface area contributed by atoms with Gasteiger partial charge in [-0.3, -0.25) is 4.90 Å². The molecule has 1 aromatic carbocycles. The minimum Gasteiger partial charge on any atom is -0.389 e. The molecule has 0 radical (unpaired) electrons. The molecule has 30 heavy (non-hydrogen) atoms. The molecule has 6 heteroatoms. The summed E-state index contributed by atoms with van der Waals surface area (Å²) >= 11 is 0. The molecular formula is C24H39N3O3. The number of anilines is 1. The molecule has 0 aliphatic rings. The highest BCUT2D eigenvalue weighted by atomic mass is 16.5. The average Bonchev–Trinajstić information content (AvgIpc) is 3.13. The third kappa shape index (κ3) is 7.11. The summed E-state index contributed by atoms with van der Waals surface area (Å²) in [5.41, 5.74) is 2.97. The van der Waals surface area contributed by atoms with Crippen LogP contribution in [0.3, 0.4) is 0 Å². The summed E-state index contributed by atoms with van der Waals surface area (Å²) in [6, 6.07) is 10.4. The first-order valence-corrected chi connectivity index (χ1v) is 11.1. The molecule has 0 aliphatic heterocycles. The van der Waals surface area contributed by atoms with Gasteiger partial charge in [0.15, 0.2) is 0 Å². The Morgan fingerprint density at radius 2 is 1.83 bits per heavy atom. The average molecular weight is 418 g/mol. The third-order valence-electron chi connectivity index (χ3n) is 5.30. The van der Waals surface area contributed by atoms with Crippen molar-refractivity contribution in [1.82, 2.24) is 10.1 Å². The predicted octanol–water partition coefficient (Wildman–Crippen LogP) is 4.43. The fourth-order valence-electron chi connectivity index (χ4n) is 3.28. The lowest BCUT2D eigenvalue weighted by Gasteiger charge is -2.27. The maximum absolute atomic E-state index is 10.5. The van der Waals surface area contributed by atoms with Crippen LogP contribution in [-0.2, 0) is 11.3 Å². The Morgan fingerprint density at radius 1 is 1.13 bits per heavy atom. The number of nitrogens with zero attached hydrogens (tertiary/aromatic N) is 3. The molecule has 2 aromatic rings. The quantitative estimate of drug-likeness (QED) is 0.520. The van der Waals surface area contributed by atoms with Crippen LogP contribution in [0.4, 0.5) is 5.88 Å². The highest BCUT2D eigenvalue weighted by Gasteiger charge is 2.25. The van der Waals surface area contributed by atoms with Crippen molar-refractivity contribution in [2.45, 2.75) is 59.7 Å². The van der Waals surface area contributed by atoms with Crippen molar-refractivity contribution >= 4 is 5.88 Å². The summed E-state index contributed by atoms with van der Waals surface area (Å²) in [5, 5.41) is 14.9. The topological polar surface area (TPSA) is 62.0 Å². The van der Waals surface area contributed by atoms with Crippen LogP contribution in [0.5, 0.6) is 0 Å². The molecule has 0 fully saturated rings. The van der Waals surface area contributed by atoms with Crippen molar-refractivity contribution in [1.29, 1.82) is 0 Å². The van der Waals surface area contributed by atoms with E-state index in [1.807, 2.05) is 32.2 Å². The largest absolute Gasteiger partial charge is 0.389 e. The van der Waals surface area contributed by atoms with Crippen LogP contribution in [-0.4, -0.2) is 60.7 Å². The van der Waals surface area contributed by atoms with Gasteiger partial charge in [-0.25, -0.2) is 0 Å². The fourth-order valence-corrected chi connectivity index (χ4v) is 3.28. The smallest absolute Gasteiger partial charge is 0.232 e. The number of aliphatic hydroxyl groups is 1. The standard InChI is InChI=1S/C24H39N3O3/c1-7-29-17-21(28)15-27(14-13-18(2)3)16-22-23(20-11-9-8-10-12-20)25-30-24(22)26(6)19(4)5/h8-12,18-19,21,28H,7,13-17H2,1-6H3/t21-/m1/s1. The van der Waals surface area contributed by atoms with Gasteiger partial charge in [0.25, 0.3) is 0 Å². The first kappa shape index (κ1) is 24.4. The van der Waals surface area contributed by atoms with E-state index in [1.165, 1.54) is 0 Å². The molecule has 168 valence electrons. The summed E-state index contributed by atoms with van der Waals surface area (Å²) in [6.45, 7) is 13.7. The van der Waals surface area contributed by atoms with Gasteiger partial charge in [-0.05, 0) is 39.7 Å². The summed E-state index contributed by atoms with van der Waals surface area (Å²) in [6.07, 6.45) is 0.534. The van der Waals surface area contributed by atoms with E-state index in [0.29, 0.717) is 32.2 Å². The summed E-state index contributed by atoms with van der Waals surface area (Å²) in [5.74, 6) is 1.38.